The van der Waals surface area contributed by atoms with Crippen molar-refractivity contribution in [2.45, 2.75) is 6.18 Å². The molecule has 2 aromatic rings. The van der Waals surface area contributed by atoms with E-state index in [1.54, 1.807) is 24.3 Å². The lowest BCUT2D eigenvalue weighted by Crippen LogP contribution is -2.22. The molecule has 0 bridgehead atoms. The minimum atomic E-state index is -4.70. The van der Waals surface area contributed by atoms with E-state index in [9.17, 15) is 22.8 Å². The van der Waals surface area contributed by atoms with Gasteiger partial charge >= 0.3 is 12.1 Å². The quantitative estimate of drug-likeness (QED) is 0.557. The normalized spacial score (nSPS) is 11.3. The van der Waals surface area contributed by atoms with Crippen LogP contribution in [0.1, 0.15) is 11.1 Å². The van der Waals surface area contributed by atoms with Gasteiger partial charge in [0, 0.05) is 11.1 Å². The van der Waals surface area contributed by atoms with E-state index in [0.29, 0.717) is 17.4 Å². The van der Waals surface area contributed by atoms with Crippen LogP contribution in [0.15, 0.2) is 48.5 Å². The Morgan fingerprint density at radius 1 is 1.18 bits per heavy atom. The van der Waals surface area contributed by atoms with Crippen molar-refractivity contribution in [2.75, 3.05) is 19.0 Å². The highest BCUT2D eigenvalue weighted by Gasteiger charge is 2.34. The highest BCUT2D eigenvalue weighted by molar-refractivity contribution is 6.30. The monoisotopic (exact) mass is 413 g/mol. The van der Waals surface area contributed by atoms with Gasteiger partial charge in [-0.3, -0.25) is 4.79 Å². The van der Waals surface area contributed by atoms with Crippen molar-refractivity contribution in [3.8, 4) is 5.75 Å². The summed E-state index contributed by atoms with van der Waals surface area (Å²) in [6.07, 6.45) is -2.17. The number of carbonyl (C=O) groups is 2. The van der Waals surface area contributed by atoms with E-state index in [1.807, 2.05) is 0 Å². The number of anilines is 1. The van der Waals surface area contributed by atoms with E-state index in [4.69, 9.17) is 21.1 Å². The first kappa shape index (κ1) is 21.3. The van der Waals surface area contributed by atoms with Gasteiger partial charge in [0.1, 0.15) is 5.75 Å². The zero-order valence-electron chi connectivity index (χ0n) is 14.5. The predicted molar refractivity (Wildman–Crippen MR) is 98.1 cm³/mol. The zero-order chi connectivity index (χ0) is 20.7. The number of carbonyl (C=O) groups excluding carboxylic acids is 2. The molecule has 0 heterocycles. The number of ether oxygens (including phenoxy) is 2. The largest absolute Gasteiger partial charge is 0.497 e. The van der Waals surface area contributed by atoms with Crippen molar-refractivity contribution >= 4 is 35.2 Å². The van der Waals surface area contributed by atoms with Crippen LogP contribution in [0.2, 0.25) is 5.02 Å². The summed E-state index contributed by atoms with van der Waals surface area (Å²) in [6, 6.07) is 9.77. The van der Waals surface area contributed by atoms with Crippen molar-refractivity contribution < 1.29 is 32.2 Å². The third kappa shape index (κ3) is 6.31. The first-order chi connectivity index (χ1) is 13.2. The van der Waals surface area contributed by atoms with Gasteiger partial charge in [-0.2, -0.15) is 13.2 Å². The minimum Gasteiger partial charge on any atom is -0.497 e. The summed E-state index contributed by atoms with van der Waals surface area (Å²) in [5.74, 6) is -1.15. The number of halogens is 4. The summed E-state index contributed by atoms with van der Waals surface area (Å²) < 4.78 is 48.8. The van der Waals surface area contributed by atoms with E-state index in [-0.39, 0.29) is 5.02 Å². The molecule has 0 unspecified atom stereocenters. The number of benzene rings is 2. The van der Waals surface area contributed by atoms with E-state index in [0.717, 1.165) is 12.1 Å². The van der Waals surface area contributed by atoms with E-state index < -0.39 is 35.9 Å². The van der Waals surface area contributed by atoms with Gasteiger partial charge in [0.05, 0.1) is 18.4 Å². The third-order valence-corrected chi connectivity index (χ3v) is 3.65. The van der Waals surface area contributed by atoms with Gasteiger partial charge < -0.3 is 14.8 Å². The molecule has 0 aliphatic rings. The number of alkyl halides is 3. The lowest BCUT2D eigenvalue weighted by atomic mass is 10.1. The van der Waals surface area contributed by atoms with Crippen molar-refractivity contribution in [2.24, 2.45) is 0 Å². The molecule has 1 N–H and O–H groups in total. The maximum Gasteiger partial charge on any atom is 0.418 e. The zero-order valence-corrected chi connectivity index (χ0v) is 15.3. The van der Waals surface area contributed by atoms with Crippen LogP contribution >= 0.6 is 11.6 Å². The number of esters is 1. The Labute approximate surface area is 163 Å². The predicted octanol–water partition coefficient (Wildman–Crippen LogP) is 4.56. The molecule has 0 atom stereocenters. The SMILES string of the molecule is COc1cccc(/C=C/C(=O)OCC(=O)Nc2ccc(Cl)cc2C(F)(F)F)c1. The summed E-state index contributed by atoms with van der Waals surface area (Å²) in [4.78, 5) is 23.5. The molecule has 0 saturated heterocycles. The fraction of sp³-hybridized carbons (Fsp3) is 0.158. The Morgan fingerprint density at radius 2 is 1.93 bits per heavy atom. The van der Waals surface area contributed by atoms with Crippen molar-refractivity contribution in [1.29, 1.82) is 0 Å². The molecule has 2 rings (SSSR count). The van der Waals surface area contributed by atoms with Gasteiger partial charge in [-0.05, 0) is 42.0 Å². The average Bonchev–Trinajstić information content (AvgIpc) is 2.65. The number of amides is 1. The molecule has 0 aliphatic carbocycles. The number of hydrogen-bond donors (Lipinski definition) is 1. The summed E-state index contributed by atoms with van der Waals surface area (Å²) in [5.41, 5.74) is -0.917. The topological polar surface area (TPSA) is 64.6 Å². The van der Waals surface area contributed by atoms with Crippen LogP contribution in [0.25, 0.3) is 6.08 Å². The first-order valence-electron chi connectivity index (χ1n) is 7.84. The summed E-state index contributed by atoms with van der Waals surface area (Å²) in [5, 5.41) is 1.93. The molecule has 0 radical (unpaired) electrons. The number of rotatable bonds is 6. The fourth-order valence-electron chi connectivity index (χ4n) is 2.14. The van der Waals surface area contributed by atoms with Crippen LogP contribution in [0.4, 0.5) is 18.9 Å². The van der Waals surface area contributed by atoms with Crippen LogP contribution in [0.3, 0.4) is 0 Å². The van der Waals surface area contributed by atoms with E-state index >= 15 is 0 Å². The van der Waals surface area contributed by atoms with Gasteiger partial charge in [0.2, 0.25) is 0 Å². The molecule has 0 spiro atoms. The van der Waals surface area contributed by atoms with Gasteiger partial charge in [0.25, 0.3) is 5.91 Å². The molecule has 9 heteroatoms. The molecule has 0 aromatic heterocycles. The molecule has 5 nitrogen and oxygen atoms in total. The number of nitrogens with one attached hydrogen (secondary N) is 1. The van der Waals surface area contributed by atoms with Crippen LogP contribution in [0, 0.1) is 0 Å². The minimum absolute atomic E-state index is 0.126. The Balaban J connectivity index is 1.94. The number of hydrogen-bond acceptors (Lipinski definition) is 4. The van der Waals surface area contributed by atoms with Crippen LogP contribution in [-0.4, -0.2) is 25.6 Å². The van der Waals surface area contributed by atoms with Gasteiger partial charge in [0.15, 0.2) is 6.61 Å². The maximum absolute atomic E-state index is 13.0. The second kappa shape index (κ2) is 9.27. The Hall–Kier alpha value is -3.00. The maximum atomic E-state index is 13.0. The van der Waals surface area contributed by atoms with Crippen molar-refractivity contribution in [1.82, 2.24) is 0 Å². The molecular weight excluding hydrogens is 399 g/mol. The lowest BCUT2D eigenvalue weighted by Gasteiger charge is -2.14. The molecule has 2 aromatic carbocycles. The molecule has 0 fully saturated rings. The Bertz CT molecular complexity index is 897. The smallest absolute Gasteiger partial charge is 0.418 e. The summed E-state index contributed by atoms with van der Waals surface area (Å²) in [6.45, 7) is -0.749. The van der Waals surface area contributed by atoms with Crippen LogP contribution in [-0.2, 0) is 20.5 Å². The second-order valence-electron chi connectivity index (χ2n) is 5.45. The molecule has 0 aliphatic heterocycles. The van der Waals surface area contributed by atoms with Gasteiger partial charge in [-0.25, -0.2) is 4.79 Å². The molecule has 1 amide bonds. The highest BCUT2D eigenvalue weighted by Crippen LogP contribution is 2.36. The Kier molecular flexibility index (Phi) is 7.06. The fourth-order valence-corrected chi connectivity index (χ4v) is 2.31. The standard InChI is InChI=1S/C19H15ClF3NO4/c1-27-14-4-2-3-12(9-14)5-8-18(26)28-11-17(25)24-16-7-6-13(20)10-15(16)19(21,22)23/h2-10H,11H2,1H3,(H,24,25)/b8-5+. The summed E-state index contributed by atoms with van der Waals surface area (Å²) >= 11 is 5.57. The van der Waals surface area contributed by atoms with E-state index in [1.165, 1.54) is 19.3 Å². The lowest BCUT2D eigenvalue weighted by molar-refractivity contribution is -0.142. The highest BCUT2D eigenvalue weighted by atomic mass is 35.5. The van der Waals surface area contributed by atoms with Crippen LogP contribution < -0.4 is 10.1 Å². The van der Waals surface area contributed by atoms with Gasteiger partial charge in [-0.15, -0.1) is 0 Å². The average molecular weight is 414 g/mol. The van der Waals surface area contributed by atoms with Crippen molar-refractivity contribution in [3.05, 3.63) is 64.7 Å². The molecule has 0 saturated carbocycles. The summed E-state index contributed by atoms with van der Waals surface area (Å²) in [7, 11) is 1.50. The number of methoxy groups -OCH3 is 1. The van der Waals surface area contributed by atoms with Gasteiger partial charge in [-0.1, -0.05) is 23.7 Å². The first-order valence-corrected chi connectivity index (χ1v) is 8.22. The molecule has 148 valence electrons. The molecule has 28 heavy (non-hydrogen) atoms. The molecular formula is C19H15ClF3NO4. The Morgan fingerprint density at radius 3 is 2.61 bits per heavy atom. The van der Waals surface area contributed by atoms with Crippen molar-refractivity contribution in [3.63, 3.8) is 0 Å². The third-order valence-electron chi connectivity index (χ3n) is 3.41. The van der Waals surface area contributed by atoms with Crippen LogP contribution in [0.5, 0.6) is 5.75 Å². The van der Waals surface area contributed by atoms with E-state index in [2.05, 4.69) is 5.32 Å². The second-order valence-corrected chi connectivity index (χ2v) is 5.89.